The minimum atomic E-state index is 0.227. The standard InChI is InChI=1S/C13H24N4O/c1-4-10(6-7-18)8-15-13-9(3)12(14)16-11(5-2)17-13/h10,18H,4-8H2,1-3H3,(H3,14,15,16,17). The Balaban J connectivity index is 2.74. The van der Waals surface area contributed by atoms with Gasteiger partial charge in [0.05, 0.1) is 0 Å². The van der Waals surface area contributed by atoms with Gasteiger partial charge < -0.3 is 16.2 Å². The van der Waals surface area contributed by atoms with Crippen molar-refractivity contribution in [2.75, 3.05) is 24.2 Å². The van der Waals surface area contributed by atoms with Crippen molar-refractivity contribution >= 4 is 11.6 Å². The molecule has 0 fully saturated rings. The molecule has 1 heterocycles. The Morgan fingerprint density at radius 3 is 2.61 bits per heavy atom. The molecule has 0 aromatic carbocycles. The first-order valence-electron chi connectivity index (χ1n) is 6.60. The number of aryl methyl sites for hydroxylation is 1. The minimum absolute atomic E-state index is 0.227. The minimum Gasteiger partial charge on any atom is -0.396 e. The van der Waals surface area contributed by atoms with Crippen LogP contribution < -0.4 is 11.1 Å². The highest BCUT2D eigenvalue weighted by atomic mass is 16.3. The summed E-state index contributed by atoms with van der Waals surface area (Å²) >= 11 is 0. The van der Waals surface area contributed by atoms with E-state index in [1.165, 1.54) is 0 Å². The molecule has 1 aromatic rings. The van der Waals surface area contributed by atoms with Crippen molar-refractivity contribution in [2.24, 2.45) is 5.92 Å². The summed E-state index contributed by atoms with van der Waals surface area (Å²) in [5, 5.41) is 12.3. The van der Waals surface area contributed by atoms with Gasteiger partial charge in [0.25, 0.3) is 0 Å². The zero-order chi connectivity index (χ0) is 13.5. The lowest BCUT2D eigenvalue weighted by Gasteiger charge is -2.17. The number of nitrogens with one attached hydrogen (secondary N) is 1. The zero-order valence-corrected chi connectivity index (χ0v) is 11.5. The van der Waals surface area contributed by atoms with Crippen molar-refractivity contribution in [1.82, 2.24) is 9.97 Å². The van der Waals surface area contributed by atoms with E-state index in [1.807, 2.05) is 13.8 Å². The van der Waals surface area contributed by atoms with Crippen molar-refractivity contribution in [1.29, 1.82) is 0 Å². The van der Waals surface area contributed by atoms with E-state index in [0.29, 0.717) is 11.7 Å². The summed E-state index contributed by atoms with van der Waals surface area (Å²) in [4.78, 5) is 8.68. The van der Waals surface area contributed by atoms with Crippen LogP contribution in [-0.4, -0.2) is 28.2 Å². The summed E-state index contributed by atoms with van der Waals surface area (Å²) in [6.07, 6.45) is 2.62. The molecule has 5 nitrogen and oxygen atoms in total. The molecule has 0 aliphatic carbocycles. The maximum atomic E-state index is 8.97. The molecule has 1 rings (SSSR count). The Hall–Kier alpha value is -1.36. The lowest BCUT2D eigenvalue weighted by molar-refractivity contribution is 0.258. The highest BCUT2D eigenvalue weighted by Gasteiger charge is 2.10. The number of anilines is 2. The molecule has 0 radical (unpaired) electrons. The number of rotatable bonds is 7. The lowest BCUT2D eigenvalue weighted by Crippen LogP contribution is -2.17. The Morgan fingerprint density at radius 1 is 1.33 bits per heavy atom. The van der Waals surface area contributed by atoms with Crippen molar-refractivity contribution in [3.05, 3.63) is 11.4 Å². The van der Waals surface area contributed by atoms with Crippen LogP contribution in [-0.2, 0) is 6.42 Å². The second-order valence-corrected chi connectivity index (χ2v) is 4.52. The lowest BCUT2D eigenvalue weighted by atomic mass is 10.0. The van der Waals surface area contributed by atoms with Crippen molar-refractivity contribution in [2.45, 2.75) is 40.0 Å². The predicted octanol–water partition coefficient (Wildman–Crippen LogP) is 1.75. The molecule has 0 aliphatic heterocycles. The van der Waals surface area contributed by atoms with Crippen LogP contribution >= 0.6 is 0 Å². The highest BCUT2D eigenvalue weighted by molar-refractivity contribution is 5.54. The van der Waals surface area contributed by atoms with Crippen LogP contribution in [0.3, 0.4) is 0 Å². The Morgan fingerprint density at radius 2 is 2.06 bits per heavy atom. The number of aliphatic hydroxyl groups excluding tert-OH is 1. The Bertz CT molecular complexity index is 381. The SMILES string of the molecule is CCc1nc(N)c(C)c(NCC(CC)CCO)n1. The molecule has 1 atom stereocenters. The second kappa shape index (κ2) is 7.16. The predicted molar refractivity (Wildman–Crippen MR) is 74.5 cm³/mol. The summed E-state index contributed by atoms with van der Waals surface area (Å²) in [6, 6.07) is 0. The monoisotopic (exact) mass is 252 g/mol. The van der Waals surface area contributed by atoms with Gasteiger partial charge in [-0.25, -0.2) is 9.97 Å². The van der Waals surface area contributed by atoms with Gasteiger partial charge >= 0.3 is 0 Å². The maximum Gasteiger partial charge on any atom is 0.134 e. The largest absolute Gasteiger partial charge is 0.396 e. The van der Waals surface area contributed by atoms with Crippen LogP contribution in [0.25, 0.3) is 0 Å². The third-order valence-corrected chi connectivity index (χ3v) is 3.22. The average molecular weight is 252 g/mol. The normalized spacial score (nSPS) is 12.4. The molecule has 18 heavy (non-hydrogen) atoms. The molecule has 0 saturated heterocycles. The number of hydrogen-bond acceptors (Lipinski definition) is 5. The van der Waals surface area contributed by atoms with Crippen LogP contribution in [0.4, 0.5) is 11.6 Å². The van der Waals surface area contributed by atoms with Crippen LogP contribution in [0.1, 0.15) is 38.1 Å². The smallest absolute Gasteiger partial charge is 0.134 e. The van der Waals surface area contributed by atoms with Gasteiger partial charge in [0, 0.05) is 25.1 Å². The van der Waals surface area contributed by atoms with E-state index < -0.39 is 0 Å². The van der Waals surface area contributed by atoms with Crippen LogP contribution in [0.5, 0.6) is 0 Å². The molecule has 0 saturated carbocycles. The molecule has 0 spiro atoms. The Kier molecular flexibility index (Phi) is 5.85. The number of nitrogen functional groups attached to an aromatic ring is 1. The first-order valence-corrected chi connectivity index (χ1v) is 6.60. The third kappa shape index (κ3) is 3.84. The fraction of sp³-hybridized carbons (Fsp3) is 0.692. The molecule has 5 heteroatoms. The summed E-state index contributed by atoms with van der Waals surface area (Å²) in [6.45, 7) is 7.09. The van der Waals surface area contributed by atoms with Crippen molar-refractivity contribution in [3.8, 4) is 0 Å². The number of nitrogens with zero attached hydrogens (tertiary/aromatic N) is 2. The van der Waals surface area contributed by atoms with E-state index in [9.17, 15) is 0 Å². The van der Waals surface area contributed by atoms with Gasteiger partial charge in [-0.1, -0.05) is 20.3 Å². The fourth-order valence-electron chi connectivity index (χ4n) is 1.79. The summed E-state index contributed by atoms with van der Waals surface area (Å²) in [5.74, 6) is 2.57. The topological polar surface area (TPSA) is 84.1 Å². The number of hydrogen-bond donors (Lipinski definition) is 3. The van der Waals surface area contributed by atoms with E-state index in [2.05, 4.69) is 22.2 Å². The summed E-state index contributed by atoms with van der Waals surface area (Å²) < 4.78 is 0. The highest BCUT2D eigenvalue weighted by Crippen LogP contribution is 2.18. The van der Waals surface area contributed by atoms with Gasteiger partial charge in [-0.05, 0) is 19.3 Å². The second-order valence-electron chi connectivity index (χ2n) is 4.52. The zero-order valence-electron chi connectivity index (χ0n) is 11.5. The van der Waals surface area contributed by atoms with Gasteiger partial charge in [-0.3, -0.25) is 0 Å². The first-order chi connectivity index (χ1) is 8.62. The van der Waals surface area contributed by atoms with Crippen molar-refractivity contribution in [3.63, 3.8) is 0 Å². The maximum absolute atomic E-state index is 8.97. The molecule has 0 bridgehead atoms. The van der Waals surface area contributed by atoms with Crippen molar-refractivity contribution < 1.29 is 5.11 Å². The van der Waals surface area contributed by atoms with Gasteiger partial charge in [-0.15, -0.1) is 0 Å². The summed E-state index contributed by atoms with van der Waals surface area (Å²) in [5.41, 5.74) is 6.76. The molecular weight excluding hydrogens is 228 g/mol. The van der Waals surface area contributed by atoms with Gasteiger partial charge in [-0.2, -0.15) is 0 Å². The molecular formula is C13H24N4O. The van der Waals surface area contributed by atoms with E-state index in [4.69, 9.17) is 10.8 Å². The quantitative estimate of drug-likeness (QED) is 0.688. The molecule has 0 aliphatic rings. The van der Waals surface area contributed by atoms with E-state index in [-0.39, 0.29) is 6.61 Å². The number of nitrogens with two attached hydrogens (primary N) is 1. The van der Waals surface area contributed by atoms with E-state index >= 15 is 0 Å². The first kappa shape index (κ1) is 14.7. The summed E-state index contributed by atoms with van der Waals surface area (Å²) in [7, 11) is 0. The number of aliphatic hydroxyl groups is 1. The molecule has 1 unspecified atom stereocenters. The fourth-order valence-corrected chi connectivity index (χ4v) is 1.79. The molecule has 0 amide bonds. The Labute approximate surface area is 109 Å². The van der Waals surface area contributed by atoms with Gasteiger partial charge in [0.1, 0.15) is 17.5 Å². The van der Waals surface area contributed by atoms with E-state index in [0.717, 1.165) is 43.0 Å². The van der Waals surface area contributed by atoms with Crippen LogP contribution in [0, 0.1) is 12.8 Å². The van der Waals surface area contributed by atoms with Gasteiger partial charge in [0.15, 0.2) is 0 Å². The third-order valence-electron chi connectivity index (χ3n) is 3.22. The molecule has 4 N–H and O–H groups in total. The average Bonchev–Trinajstić information content (AvgIpc) is 2.38. The number of aromatic nitrogens is 2. The molecule has 1 aromatic heterocycles. The van der Waals surface area contributed by atoms with Crippen LogP contribution in [0.15, 0.2) is 0 Å². The van der Waals surface area contributed by atoms with Gasteiger partial charge in [0.2, 0.25) is 0 Å². The van der Waals surface area contributed by atoms with E-state index in [1.54, 1.807) is 0 Å². The van der Waals surface area contributed by atoms with Crippen LogP contribution in [0.2, 0.25) is 0 Å². The molecule has 102 valence electrons.